The summed E-state index contributed by atoms with van der Waals surface area (Å²) in [4.78, 5) is 8.93. The fourth-order valence-electron chi connectivity index (χ4n) is 12.0. The van der Waals surface area contributed by atoms with E-state index in [0.29, 0.717) is 6.61 Å². The van der Waals surface area contributed by atoms with Crippen molar-refractivity contribution in [2.75, 3.05) is 26.2 Å². The van der Waals surface area contributed by atoms with Crippen LogP contribution in [0.1, 0.15) is 6.92 Å². The molecule has 0 aromatic heterocycles. The van der Waals surface area contributed by atoms with Crippen LogP contribution in [-0.4, -0.2) is 21.9 Å². The number of hydrogen-bond acceptors (Lipinski definition) is 8. The Morgan fingerprint density at radius 3 is 0.722 bits per heavy atom. The third-order valence-electron chi connectivity index (χ3n) is 16.5. The van der Waals surface area contributed by atoms with Crippen LogP contribution in [0.4, 0.5) is 68.2 Å². The summed E-state index contributed by atoms with van der Waals surface area (Å²) in [5.41, 5.74) is 18.3. The van der Waals surface area contributed by atoms with Crippen LogP contribution in [0, 0.1) is 0 Å². The second-order valence-corrected chi connectivity index (χ2v) is 22.1. The van der Waals surface area contributed by atoms with Crippen molar-refractivity contribution in [3.63, 3.8) is 0 Å². The third-order valence-corrected chi connectivity index (χ3v) is 16.5. The first-order valence-electron chi connectivity index (χ1n) is 30.2. The number of hydrogen-bond donors (Lipinski definition) is 3. The van der Waals surface area contributed by atoms with E-state index in [0.717, 1.165) is 118 Å². The Kier molecular flexibility index (Phi) is 15.4. The van der Waals surface area contributed by atoms with Crippen LogP contribution in [-0.2, 0) is 0 Å². The van der Waals surface area contributed by atoms with Crippen molar-refractivity contribution >= 4 is 89.8 Å². The molecule has 0 fully saturated rings. The number of rotatable bonds is 17. The summed E-state index contributed by atoms with van der Waals surface area (Å²) in [6.07, 6.45) is 0. The zero-order chi connectivity index (χ0) is 60.9. The number of aromatic hydroxyl groups is 3. The van der Waals surface area contributed by atoms with Crippen LogP contribution in [0.2, 0.25) is 0 Å². The van der Waals surface area contributed by atoms with E-state index in [1.165, 1.54) is 10.8 Å². The maximum Gasteiger partial charge on any atom is 0.119 e. The van der Waals surface area contributed by atoms with Gasteiger partial charge in [0.05, 0.1) is 18.0 Å². The van der Waals surface area contributed by atoms with Gasteiger partial charge < -0.3 is 39.7 Å². The molecule has 90 heavy (non-hydrogen) atoms. The van der Waals surface area contributed by atoms with E-state index in [9.17, 15) is 15.3 Å². The van der Waals surface area contributed by atoms with Crippen molar-refractivity contribution in [3.05, 3.63) is 328 Å². The lowest BCUT2D eigenvalue weighted by molar-refractivity contribution is 0.340. The first-order chi connectivity index (χ1) is 44.3. The molecule has 0 atom stereocenters. The number of benzene rings is 14. The van der Waals surface area contributed by atoms with E-state index < -0.39 is 0 Å². The van der Waals surface area contributed by atoms with E-state index in [1.54, 1.807) is 36.4 Å². The summed E-state index contributed by atoms with van der Waals surface area (Å²) in [6, 6.07) is 112. The summed E-state index contributed by atoms with van der Waals surface area (Å²) < 4.78 is 5.81. The molecule has 0 amide bonds. The number of nitrogens with zero attached hydrogens (tertiary/aromatic N) is 4. The molecule has 0 aliphatic rings. The molecule has 3 N–H and O–H groups in total. The Labute approximate surface area is 524 Å². The highest BCUT2D eigenvalue weighted by atomic mass is 16.5. The van der Waals surface area contributed by atoms with Gasteiger partial charge in [0.25, 0.3) is 0 Å². The van der Waals surface area contributed by atoms with Gasteiger partial charge in [-0.25, -0.2) is 0 Å². The summed E-state index contributed by atoms with van der Waals surface area (Å²) in [5.74, 6) is 1.46. The first kappa shape index (κ1) is 55.8. The van der Waals surface area contributed by atoms with Gasteiger partial charge in [0.1, 0.15) is 23.0 Å². The van der Waals surface area contributed by atoms with Gasteiger partial charge in [-0.1, -0.05) is 146 Å². The Morgan fingerprint density at radius 2 is 0.456 bits per heavy atom. The van der Waals surface area contributed by atoms with Gasteiger partial charge in [0, 0.05) is 67.6 Å². The molecule has 0 aliphatic heterocycles. The SMILES string of the molecule is CCOc1ccc(N(c2ccc(-c3ccc(N(c4ccc(O)cc4)c4ccc(-c5ccc(N(c6ccc(O)cc6)c6ccc(-c7ccc(N(c8ccc(O)cc8)c8cccc9ccccc89)cc7)cc6)cc5)cc4)cc3)cc2)c2cccc3ccccc23)cc1. The van der Waals surface area contributed by atoms with E-state index in [4.69, 9.17) is 4.74 Å². The number of fused-ring (bicyclic) bond motifs is 2. The largest absolute Gasteiger partial charge is 0.508 e. The molecule has 0 saturated carbocycles. The fraction of sp³-hybridized carbons (Fsp3) is 0.0244. The minimum atomic E-state index is 0.199. The molecular formula is C82H62N4O4. The number of phenols is 3. The predicted molar refractivity (Wildman–Crippen MR) is 373 cm³/mol. The Morgan fingerprint density at radius 1 is 0.233 bits per heavy atom. The van der Waals surface area contributed by atoms with Crippen molar-refractivity contribution in [2.45, 2.75) is 6.92 Å². The molecule has 8 nitrogen and oxygen atoms in total. The topological polar surface area (TPSA) is 82.9 Å². The van der Waals surface area contributed by atoms with Gasteiger partial charge >= 0.3 is 0 Å². The Balaban J connectivity index is 0.712. The van der Waals surface area contributed by atoms with Crippen molar-refractivity contribution in [3.8, 4) is 56.4 Å². The lowest BCUT2D eigenvalue weighted by Crippen LogP contribution is -2.10. The van der Waals surface area contributed by atoms with Crippen molar-refractivity contribution in [1.29, 1.82) is 0 Å². The molecule has 434 valence electrons. The van der Waals surface area contributed by atoms with Gasteiger partial charge in [-0.15, -0.1) is 0 Å². The average Bonchev–Trinajstić information content (AvgIpc) is 1.27. The van der Waals surface area contributed by atoms with E-state index in [-0.39, 0.29) is 17.2 Å². The second kappa shape index (κ2) is 24.8. The standard InChI is InChI=1S/C82H62N4O4/c1-2-90-78-55-47-74(48-56-78)86(82-16-8-12-64-10-4-6-14-80(64)82)72-39-27-62(28-40-72)60-23-35-68(36-24-60)84(70-43-51-76(88)52-44-70)66-31-19-58(20-32-66)57-17-29-65(30-18-57)83(69-41-49-75(87)50-42-69)67-33-21-59(22-34-67)61-25-37-71(38-26-61)85(73-45-53-77(89)54-46-73)81-15-7-11-63-9-3-5-13-79(63)81/h3-56,87-89H,2H2,1H3. The minimum Gasteiger partial charge on any atom is -0.508 e. The third kappa shape index (κ3) is 11.5. The maximum absolute atomic E-state index is 10.4. The van der Waals surface area contributed by atoms with Gasteiger partial charge in [0.15, 0.2) is 0 Å². The number of phenolic OH excluding ortho intramolecular Hbond substituents is 3. The quantitative estimate of drug-likeness (QED) is 0.0832. The molecule has 0 radical (unpaired) electrons. The van der Waals surface area contributed by atoms with Crippen molar-refractivity contribution in [2.24, 2.45) is 0 Å². The molecule has 14 aromatic rings. The van der Waals surface area contributed by atoms with Crippen LogP contribution < -0.4 is 24.3 Å². The van der Waals surface area contributed by atoms with Crippen molar-refractivity contribution < 1.29 is 20.1 Å². The van der Waals surface area contributed by atoms with Crippen LogP contribution in [0.25, 0.3) is 54.9 Å². The lowest BCUT2D eigenvalue weighted by atomic mass is 10.0. The Bertz CT molecular complexity index is 4740. The molecular weight excluding hydrogens is 1100 g/mol. The zero-order valence-electron chi connectivity index (χ0n) is 49.4. The highest BCUT2D eigenvalue weighted by molar-refractivity contribution is 6.00. The van der Waals surface area contributed by atoms with Crippen LogP contribution in [0.3, 0.4) is 0 Å². The second-order valence-electron chi connectivity index (χ2n) is 22.1. The van der Waals surface area contributed by atoms with Gasteiger partial charge in [-0.3, -0.25) is 0 Å². The molecule has 0 spiro atoms. The summed E-state index contributed by atoms with van der Waals surface area (Å²) in [7, 11) is 0. The average molecular weight is 1170 g/mol. The van der Waals surface area contributed by atoms with E-state index in [1.807, 2.05) is 55.5 Å². The van der Waals surface area contributed by atoms with Gasteiger partial charge in [0.2, 0.25) is 0 Å². The molecule has 0 unspecified atom stereocenters. The zero-order valence-corrected chi connectivity index (χ0v) is 49.4. The smallest absolute Gasteiger partial charge is 0.119 e. The number of anilines is 12. The number of ether oxygens (including phenoxy) is 1. The normalized spacial score (nSPS) is 11.1. The predicted octanol–water partition coefficient (Wildman–Crippen LogP) is 22.4. The Hall–Kier alpha value is -12.0. The van der Waals surface area contributed by atoms with Gasteiger partial charge in [-0.05, 0) is 233 Å². The summed E-state index contributed by atoms with van der Waals surface area (Å²) in [6.45, 7) is 2.61. The molecule has 0 heterocycles. The first-order valence-corrected chi connectivity index (χ1v) is 30.2. The lowest BCUT2D eigenvalue weighted by Gasteiger charge is -2.27. The van der Waals surface area contributed by atoms with Crippen molar-refractivity contribution in [1.82, 2.24) is 0 Å². The molecule has 0 saturated heterocycles. The van der Waals surface area contributed by atoms with Gasteiger partial charge in [-0.2, -0.15) is 0 Å². The maximum atomic E-state index is 10.4. The van der Waals surface area contributed by atoms with Crippen LogP contribution in [0.5, 0.6) is 23.0 Å². The highest BCUT2D eigenvalue weighted by Gasteiger charge is 2.20. The summed E-state index contributed by atoms with van der Waals surface area (Å²) in [5, 5.41) is 35.6. The molecule has 14 aromatic carbocycles. The molecule has 14 rings (SSSR count). The van der Waals surface area contributed by atoms with E-state index >= 15 is 0 Å². The van der Waals surface area contributed by atoms with Crippen LogP contribution in [0.15, 0.2) is 328 Å². The molecule has 0 aliphatic carbocycles. The monoisotopic (exact) mass is 1170 g/mol. The molecule has 0 bridgehead atoms. The van der Waals surface area contributed by atoms with Crippen LogP contribution >= 0.6 is 0 Å². The minimum absolute atomic E-state index is 0.199. The fourth-order valence-corrected chi connectivity index (χ4v) is 12.0. The molecule has 8 heteroatoms. The van der Waals surface area contributed by atoms with E-state index in [2.05, 4.69) is 262 Å². The summed E-state index contributed by atoms with van der Waals surface area (Å²) >= 11 is 0. The highest BCUT2D eigenvalue weighted by Crippen LogP contribution is 2.45.